The molecule has 0 aliphatic carbocycles. The van der Waals surface area contributed by atoms with E-state index in [0.717, 1.165) is 4.90 Å². The molecule has 1 fully saturated rings. The summed E-state index contributed by atoms with van der Waals surface area (Å²) in [6.07, 6.45) is 1.49. The predicted octanol–water partition coefficient (Wildman–Crippen LogP) is 1.24. The first-order valence-corrected chi connectivity index (χ1v) is 9.28. The fraction of sp³-hybridized carbons (Fsp3) is 0.333. The van der Waals surface area contributed by atoms with Crippen LogP contribution in [0.25, 0.3) is 5.76 Å². The number of benzene rings is 1. The van der Waals surface area contributed by atoms with Crippen molar-refractivity contribution in [2.45, 2.75) is 13.0 Å². The van der Waals surface area contributed by atoms with Gasteiger partial charge in [0.15, 0.2) is 0 Å². The molecule has 1 aromatic carbocycles. The summed E-state index contributed by atoms with van der Waals surface area (Å²) >= 11 is 0. The molecule has 0 bridgehead atoms. The monoisotopic (exact) mass is 385 g/mol. The van der Waals surface area contributed by atoms with Crippen molar-refractivity contribution in [1.82, 2.24) is 4.90 Å². The van der Waals surface area contributed by atoms with Crippen molar-refractivity contribution in [3.05, 3.63) is 59.6 Å². The Morgan fingerprint density at radius 3 is 2.68 bits per heavy atom. The third-order valence-corrected chi connectivity index (χ3v) is 4.62. The smallest absolute Gasteiger partial charge is 0.295 e. The molecular formula is C21H25N2O5+. The minimum atomic E-state index is -0.759. The maximum atomic E-state index is 12.8. The number of aliphatic hydroxyl groups excluding tert-OH is 1. The van der Waals surface area contributed by atoms with Crippen LogP contribution in [0.3, 0.4) is 0 Å². The van der Waals surface area contributed by atoms with Crippen LogP contribution in [0.1, 0.15) is 24.3 Å². The molecule has 1 aliphatic heterocycles. The van der Waals surface area contributed by atoms with E-state index in [-0.39, 0.29) is 11.3 Å². The SMILES string of the molecule is CCOc1cccc(C(O)=C2C(=O)C(=O)N(CC[NH+](C)C)[C@@H]2c2ccco2)c1. The molecule has 0 unspecified atom stereocenters. The van der Waals surface area contributed by atoms with Crippen LogP contribution >= 0.6 is 0 Å². The topological polar surface area (TPSA) is 84.4 Å². The first kappa shape index (κ1) is 19.7. The summed E-state index contributed by atoms with van der Waals surface area (Å²) in [6, 6.07) is 9.46. The lowest BCUT2D eigenvalue weighted by Crippen LogP contribution is -3.06. The van der Waals surface area contributed by atoms with Gasteiger partial charge in [-0.3, -0.25) is 9.59 Å². The maximum Gasteiger partial charge on any atom is 0.295 e. The van der Waals surface area contributed by atoms with Gasteiger partial charge in [0.1, 0.15) is 23.3 Å². The number of hydrogen-bond acceptors (Lipinski definition) is 5. The number of nitrogens with one attached hydrogen (secondary N) is 1. The van der Waals surface area contributed by atoms with Crippen LogP contribution in [0.2, 0.25) is 0 Å². The quantitative estimate of drug-likeness (QED) is 0.426. The highest BCUT2D eigenvalue weighted by Gasteiger charge is 2.47. The summed E-state index contributed by atoms with van der Waals surface area (Å²) < 4.78 is 11.0. The molecule has 2 aromatic rings. The van der Waals surface area contributed by atoms with Crippen molar-refractivity contribution in [2.75, 3.05) is 33.8 Å². The van der Waals surface area contributed by atoms with Gasteiger partial charge in [0.05, 0.1) is 45.6 Å². The summed E-state index contributed by atoms with van der Waals surface area (Å²) in [4.78, 5) is 28.1. The molecule has 2 heterocycles. The molecule has 1 amide bonds. The molecule has 0 saturated carbocycles. The van der Waals surface area contributed by atoms with E-state index in [1.165, 1.54) is 11.2 Å². The highest BCUT2D eigenvalue weighted by Crippen LogP contribution is 2.39. The standard InChI is InChI=1S/C21H24N2O5/c1-4-27-15-8-5-7-14(13-15)19(24)17-18(16-9-6-12-28-16)23(11-10-22(2)3)21(26)20(17)25/h5-9,12-13,18,24H,4,10-11H2,1-3H3/p+1/t18-/m1/s1. The van der Waals surface area contributed by atoms with E-state index in [2.05, 4.69) is 0 Å². The molecule has 0 radical (unpaired) electrons. The molecule has 1 aliphatic rings. The van der Waals surface area contributed by atoms with Gasteiger partial charge in [0, 0.05) is 5.56 Å². The molecule has 7 heteroatoms. The lowest BCUT2D eigenvalue weighted by Gasteiger charge is -2.23. The number of nitrogens with zero attached hydrogens (tertiary/aromatic N) is 1. The summed E-state index contributed by atoms with van der Waals surface area (Å²) in [5.41, 5.74) is 0.445. The Labute approximate surface area is 163 Å². The van der Waals surface area contributed by atoms with Crippen LogP contribution in [-0.2, 0) is 9.59 Å². The number of likely N-dealkylation sites (N-methyl/N-ethyl adjacent to an activating group) is 1. The maximum absolute atomic E-state index is 12.8. The molecule has 0 spiro atoms. The highest BCUT2D eigenvalue weighted by atomic mass is 16.5. The molecule has 1 atom stereocenters. The molecule has 28 heavy (non-hydrogen) atoms. The number of amides is 1. The van der Waals surface area contributed by atoms with Crippen LogP contribution in [-0.4, -0.2) is 55.5 Å². The number of quaternary nitrogens is 1. The van der Waals surface area contributed by atoms with Crippen molar-refractivity contribution in [2.24, 2.45) is 0 Å². The second-order valence-corrected chi connectivity index (χ2v) is 6.93. The lowest BCUT2D eigenvalue weighted by molar-refractivity contribution is -0.857. The number of carbonyl (C=O) groups excluding carboxylic acids is 2. The van der Waals surface area contributed by atoms with E-state index < -0.39 is 17.7 Å². The summed E-state index contributed by atoms with van der Waals surface area (Å²) in [5, 5.41) is 10.9. The van der Waals surface area contributed by atoms with Crippen molar-refractivity contribution >= 4 is 17.4 Å². The Kier molecular flexibility index (Phi) is 5.84. The van der Waals surface area contributed by atoms with Gasteiger partial charge in [0.25, 0.3) is 11.7 Å². The van der Waals surface area contributed by atoms with E-state index >= 15 is 0 Å². The van der Waals surface area contributed by atoms with Gasteiger partial charge < -0.3 is 24.1 Å². The van der Waals surface area contributed by atoms with Gasteiger partial charge in [-0.05, 0) is 31.2 Å². The zero-order chi connectivity index (χ0) is 20.3. The number of carbonyl (C=O) groups is 2. The van der Waals surface area contributed by atoms with E-state index in [0.29, 0.717) is 36.8 Å². The van der Waals surface area contributed by atoms with Crippen LogP contribution in [0, 0.1) is 0 Å². The van der Waals surface area contributed by atoms with Gasteiger partial charge in [-0.15, -0.1) is 0 Å². The number of furan rings is 1. The van der Waals surface area contributed by atoms with Crippen LogP contribution in [0.4, 0.5) is 0 Å². The van der Waals surface area contributed by atoms with E-state index in [4.69, 9.17) is 9.15 Å². The van der Waals surface area contributed by atoms with Crippen molar-refractivity contribution in [3.63, 3.8) is 0 Å². The highest BCUT2D eigenvalue weighted by molar-refractivity contribution is 6.46. The van der Waals surface area contributed by atoms with Gasteiger partial charge in [-0.1, -0.05) is 12.1 Å². The lowest BCUT2D eigenvalue weighted by atomic mass is 9.99. The number of Topliss-reactive ketones (excluding diaryl/α,β-unsaturated/α-hetero) is 1. The van der Waals surface area contributed by atoms with Gasteiger partial charge >= 0.3 is 0 Å². The fourth-order valence-electron chi connectivity index (χ4n) is 3.25. The molecular weight excluding hydrogens is 360 g/mol. The largest absolute Gasteiger partial charge is 0.507 e. The normalized spacial score (nSPS) is 18.9. The molecule has 1 aromatic heterocycles. The number of aliphatic hydroxyl groups is 1. The first-order chi connectivity index (χ1) is 13.4. The van der Waals surface area contributed by atoms with E-state index in [1.54, 1.807) is 36.4 Å². The zero-order valence-electron chi connectivity index (χ0n) is 16.3. The molecule has 148 valence electrons. The fourth-order valence-corrected chi connectivity index (χ4v) is 3.25. The van der Waals surface area contributed by atoms with Crippen LogP contribution < -0.4 is 9.64 Å². The van der Waals surface area contributed by atoms with Gasteiger partial charge in [-0.25, -0.2) is 0 Å². The van der Waals surface area contributed by atoms with Crippen molar-refractivity contribution in [1.29, 1.82) is 0 Å². The average Bonchev–Trinajstić information content (AvgIpc) is 3.28. The van der Waals surface area contributed by atoms with Crippen LogP contribution in [0.15, 0.2) is 52.7 Å². The van der Waals surface area contributed by atoms with Crippen molar-refractivity contribution < 1.29 is 28.7 Å². The Morgan fingerprint density at radius 2 is 2.04 bits per heavy atom. The third-order valence-electron chi connectivity index (χ3n) is 4.62. The van der Waals surface area contributed by atoms with E-state index in [9.17, 15) is 14.7 Å². The van der Waals surface area contributed by atoms with E-state index in [1.807, 2.05) is 21.0 Å². The number of rotatable bonds is 7. The van der Waals surface area contributed by atoms with Gasteiger partial charge in [0.2, 0.25) is 0 Å². The Bertz CT molecular complexity index is 886. The zero-order valence-corrected chi connectivity index (χ0v) is 16.3. The number of ketones is 1. The second-order valence-electron chi connectivity index (χ2n) is 6.93. The Balaban J connectivity index is 2.08. The van der Waals surface area contributed by atoms with Gasteiger partial charge in [-0.2, -0.15) is 0 Å². The Hall–Kier alpha value is -3.06. The minimum Gasteiger partial charge on any atom is -0.507 e. The third kappa shape index (κ3) is 3.80. The second kappa shape index (κ2) is 8.31. The number of hydrogen-bond donors (Lipinski definition) is 2. The number of likely N-dealkylation sites (tertiary alicyclic amines) is 1. The molecule has 7 nitrogen and oxygen atoms in total. The van der Waals surface area contributed by atoms with Crippen LogP contribution in [0.5, 0.6) is 5.75 Å². The molecule has 1 saturated heterocycles. The first-order valence-electron chi connectivity index (χ1n) is 9.28. The Morgan fingerprint density at radius 1 is 1.25 bits per heavy atom. The van der Waals surface area contributed by atoms with Crippen molar-refractivity contribution in [3.8, 4) is 5.75 Å². The average molecular weight is 385 g/mol. The molecule has 2 N–H and O–H groups in total. The summed E-state index contributed by atoms with van der Waals surface area (Å²) in [6.45, 7) is 3.37. The molecule has 3 rings (SSSR count). The predicted molar refractivity (Wildman–Crippen MR) is 103 cm³/mol. The summed E-state index contributed by atoms with van der Waals surface area (Å²) in [5.74, 6) is -0.567. The number of ether oxygens (including phenoxy) is 1. The summed E-state index contributed by atoms with van der Waals surface area (Å²) in [7, 11) is 3.94. The minimum absolute atomic E-state index is 0.0300.